The van der Waals surface area contributed by atoms with Gasteiger partial charge in [0.25, 0.3) is 0 Å². The first-order valence-corrected chi connectivity index (χ1v) is 3.74. The summed E-state index contributed by atoms with van der Waals surface area (Å²) < 4.78 is 0. The van der Waals surface area contributed by atoms with E-state index in [9.17, 15) is 0 Å². The Balaban J connectivity index is 0. The van der Waals surface area contributed by atoms with E-state index in [0.29, 0.717) is 0 Å². The molecule has 0 aliphatic heterocycles. The summed E-state index contributed by atoms with van der Waals surface area (Å²) in [6.07, 6.45) is 8.78. The first kappa shape index (κ1) is 12.7. The van der Waals surface area contributed by atoms with Gasteiger partial charge >= 0.3 is 0 Å². The van der Waals surface area contributed by atoms with Gasteiger partial charge in [-0.2, -0.15) is 0 Å². The molecule has 0 bridgehead atoms. The zero-order chi connectivity index (χ0) is 9.28. The fraction of sp³-hybridized carbons (Fsp3) is 0.455. The van der Waals surface area contributed by atoms with Crippen LogP contribution in [0.25, 0.3) is 0 Å². The zero-order valence-electron chi connectivity index (χ0n) is 8.23. The molecular weight excluding hydrogens is 132 g/mol. The lowest BCUT2D eigenvalue weighted by Gasteiger charge is -1.91. The van der Waals surface area contributed by atoms with Gasteiger partial charge in [0.1, 0.15) is 0 Å². The fourth-order valence-corrected chi connectivity index (χ4v) is 0.417. The van der Waals surface area contributed by atoms with Crippen LogP contribution in [0.4, 0.5) is 0 Å². The predicted molar refractivity (Wildman–Crippen MR) is 53.4 cm³/mol. The third-order valence-corrected chi connectivity index (χ3v) is 1.21. The highest BCUT2D eigenvalue weighted by molar-refractivity contribution is 5.19. The van der Waals surface area contributed by atoms with Crippen molar-refractivity contribution in [3.63, 3.8) is 0 Å². The average molecular weight is 150 g/mol. The van der Waals surface area contributed by atoms with Crippen molar-refractivity contribution in [1.29, 1.82) is 0 Å². The van der Waals surface area contributed by atoms with Crippen LogP contribution in [0.5, 0.6) is 0 Å². The normalized spacial score (nSPS) is 8.00. The molecule has 0 saturated heterocycles. The molecule has 0 aromatic heterocycles. The van der Waals surface area contributed by atoms with Crippen LogP contribution in [0, 0.1) is 12.3 Å². The minimum atomic E-state index is 1.37. The van der Waals surface area contributed by atoms with Gasteiger partial charge in [0.2, 0.25) is 0 Å². The van der Waals surface area contributed by atoms with Crippen LogP contribution in [0.3, 0.4) is 0 Å². The molecule has 0 aliphatic carbocycles. The van der Waals surface area contributed by atoms with Gasteiger partial charge in [-0.05, 0) is 34.6 Å². The molecule has 0 fully saturated rings. The number of hydrogen-bond donors (Lipinski definition) is 0. The molecular formula is C11H18. The van der Waals surface area contributed by atoms with Crippen molar-refractivity contribution in [3.8, 4) is 12.3 Å². The molecule has 0 amide bonds. The van der Waals surface area contributed by atoms with Crippen LogP contribution in [0.15, 0.2) is 23.3 Å². The van der Waals surface area contributed by atoms with Crippen LogP contribution in [0.2, 0.25) is 0 Å². The van der Waals surface area contributed by atoms with Crippen molar-refractivity contribution < 1.29 is 0 Å². The quantitative estimate of drug-likeness (QED) is 0.396. The van der Waals surface area contributed by atoms with E-state index in [0.717, 1.165) is 0 Å². The molecule has 0 nitrogen and oxygen atoms in total. The first-order valence-electron chi connectivity index (χ1n) is 3.74. The Kier molecular flexibility index (Phi) is 10.4. The van der Waals surface area contributed by atoms with Gasteiger partial charge in [-0.15, -0.1) is 12.3 Å². The Hall–Kier alpha value is -0.960. The Bertz CT molecular complexity index is 171. The van der Waals surface area contributed by atoms with Gasteiger partial charge in [0.05, 0.1) is 0 Å². The summed E-state index contributed by atoms with van der Waals surface area (Å²) in [6, 6.07) is 0. The maximum atomic E-state index is 4.60. The summed E-state index contributed by atoms with van der Waals surface area (Å²) >= 11 is 0. The van der Waals surface area contributed by atoms with Crippen LogP contribution < -0.4 is 0 Å². The van der Waals surface area contributed by atoms with Gasteiger partial charge < -0.3 is 0 Å². The van der Waals surface area contributed by atoms with E-state index in [-0.39, 0.29) is 0 Å². The Morgan fingerprint density at radius 2 is 1.64 bits per heavy atom. The summed E-state index contributed by atoms with van der Waals surface area (Å²) in [5, 5.41) is 0. The topological polar surface area (TPSA) is 0 Å². The summed E-state index contributed by atoms with van der Waals surface area (Å²) in [6.45, 7) is 10.0. The van der Waals surface area contributed by atoms with Gasteiger partial charge in [-0.1, -0.05) is 23.3 Å². The fourth-order valence-electron chi connectivity index (χ4n) is 0.417. The molecule has 0 heteroatoms. The van der Waals surface area contributed by atoms with E-state index in [1.54, 1.807) is 6.92 Å². The molecule has 0 aliphatic rings. The van der Waals surface area contributed by atoms with Crippen LogP contribution >= 0.6 is 0 Å². The molecule has 0 unspecified atom stereocenters. The number of rotatable bonds is 1. The molecule has 0 heterocycles. The van der Waals surface area contributed by atoms with E-state index in [2.05, 4.69) is 45.3 Å². The minimum absolute atomic E-state index is 1.37. The molecule has 0 spiro atoms. The van der Waals surface area contributed by atoms with Crippen LogP contribution in [0.1, 0.15) is 34.6 Å². The lowest BCUT2D eigenvalue weighted by molar-refractivity contribution is 1.29. The maximum absolute atomic E-state index is 4.60. The molecule has 0 rings (SSSR count). The Morgan fingerprint density at radius 1 is 1.27 bits per heavy atom. The van der Waals surface area contributed by atoms with Crippen molar-refractivity contribution >= 4 is 0 Å². The predicted octanol–water partition coefficient (Wildman–Crippen LogP) is 3.56. The zero-order valence-corrected chi connectivity index (χ0v) is 8.23. The van der Waals surface area contributed by atoms with E-state index in [1.807, 2.05) is 6.92 Å². The maximum Gasteiger partial charge on any atom is -0.00297 e. The summed E-state index contributed by atoms with van der Waals surface area (Å²) in [4.78, 5) is 0. The molecule has 0 radical (unpaired) electrons. The first-order chi connectivity index (χ1) is 5.09. The summed E-state index contributed by atoms with van der Waals surface area (Å²) in [5.74, 6) is 2.25. The smallest absolute Gasteiger partial charge is 0.00297 e. The second-order valence-corrected chi connectivity index (χ2v) is 2.47. The second kappa shape index (κ2) is 9.04. The number of hydrogen-bond acceptors (Lipinski definition) is 0. The van der Waals surface area contributed by atoms with Gasteiger partial charge in [0, 0.05) is 0 Å². The molecule has 0 atom stereocenters. The number of terminal acetylenes is 1. The molecule has 0 saturated carbocycles. The molecule has 0 N–H and O–H groups in total. The van der Waals surface area contributed by atoms with E-state index in [1.165, 1.54) is 11.1 Å². The molecule has 0 aromatic carbocycles. The monoisotopic (exact) mass is 150 g/mol. The van der Waals surface area contributed by atoms with Crippen molar-refractivity contribution in [2.24, 2.45) is 0 Å². The summed E-state index contributed by atoms with van der Waals surface area (Å²) in [5.41, 5.74) is 2.76. The minimum Gasteiger partial charge on any atom is -0.120 e. The van der Waals surface area contributed by atoms with Crippen molar-refractivity contribution in [1.82, 2.24) is 0 Å². The lowest BCUT2D eigenvalue weighted by Crippen LogP contribution is -1.70. The largest absolute Gasteiger partial charge is 0.120 e. The highest BCUT2D eigenvalue weighted by Gasteiger charge is 1.80. The lowest BCUT2D eigenvalue weighted by atomic mass is 10.2. The van der Waals surface area contributed by atoms with Crippen molar-refractivity contribution in [2.45, 2.75) is 34.6 Å². The molecule has 62 valence electrons. The molecule has 11 heavy (non-hydrogen) atoms. The van der Waals surface area contributed by atoms with Crippen LogP contribution in [-0.4, -0.2) is 0 Å². The SMILES string of the molecule is C#CC.C/C=C\C(C)=C(C)C. The van der Waals surface area contributed by atoms with E-state index < -0.39 is 0 Å². The standard InChI is InChI=1S/C8H14.C3H4/c1-5-6-8(4)7(2)3;1-3-2/h5-6H,1-4H3;1H,2H3/b6-5-;. The van der Waals surface area contributed by atoms with E-state index in [4.69, 9.17) is 0 Å². The number of allylic oxidation sites excluding steroid dienone is 4. The Morgan fingerprint density at radius 3 is 1.73 bits per heavy atom. The average Bonchev–Trinajstić information content (AvgIpc) is 1.90. The summed E-state index contributed by atoms with van der Waals surface area (Å²) in [7, 11) is 0. The third kappa shape index (κ3) is 12.3. The van der Waals surface area contributed by atoms with E-state index >= 15 is 0 Å². The van der Waals surface area contributed by atoms with Gasteiger partial charge in [-0.3, -0.25) is 0 Å². The van der Waals surface area contributed by atoms with Crippen molar-refractivity contribution in [3.05, 3.63) is 23.3 Å². The van der Waals surface area contributed by atoms with Gasteiger partial charge in [-0.25, -0.2) is 0 Å². The highest BCUT2D eigenvalue weighted by Crippen LogP contribution is 2.01. The van der Waals surface area contributed by atoms with Crippen LogP contribution in [-0.2, 0) is 0 Å². The third-order valence-electron chi connectivity index (χ3n) is 1.21. The van der Waals surface area contributed by atoms with Gasteiger partial charge in [0.15, 0.2) is 0 Å². The Labute approximate surface area is 71.0 Å². The highest BCUT2D eigenvalue weighted by atomic mass is 13.9. The van der Waals surface area contributed by atoms with Crippen molar-refractivity contribution in [2.75, 3.05) is 0 Å². The molecule has 0 aromatic rings. The second-order valence-electron chi connectivity index (χ2n) is 2.47.